The Morgan fingerprint density at radius 2 is 1.23 bits per heavy atom. The molecule has 0 amide bonds. The van der Waals surface area contributed by atoms with E-state index in [1.54, 1.807) is 30.3 Å². The van der Waals surface area contributed by atoms with Gasteiger partial charge < -0.3 is 20.7 Å². The van der Waals surface area contributed by atoms with Gasteiger partial charge in [0.05, 0.1) is 69.2 Å². The molecule has 1 heterocycles. The van der Waals surface area contributed by atoms with Gasteiger partial charge in [-0.2, -0.15) is 60.7 Å². The van der Waals surface area contributed by atoms with Gasteiger partial charge in [-0.1, -0.05) is 17.2 Å². The lowest BCUT2D eigenvalue weighted by Gasteiger charge is -2.15. The Hall–Kier alpha value is -6.08. The zero-order chi connectivity index (χ0) is 44.8. The number of anilines is 5. The number of carbonyl (C=O) groups excluding carboxylic acids is 1. The van der Waals surface area contributed by atoms with Crippen molar-refractivity contribution in [3.8, 4) is 5.75 Å². The van der Waals surface area contributed by atoms with E-state index in [4.69, 9.17) is 14.5 Å². The number of hydrogen-bond donors (Lipinski definition) is 7. The van der Waals surface area contributed by atoms with E-state index in [0.717, 1.165) is 18.1 Å². The van der Waals surface area contributed by atoms with Crippen molar-refractivity contribution in [2.45, 2.75) is 22.6 Å². The van der Waals surface area contributed by atoms with E-state index < -0.39 is 41.9 Å². The second-order valence-electron chi connectivity index (χ2n) is 12.3. The van der Waals surface area contributed by atoms with Crippen molar-refractivity contribution < 1.29 is 63.1 Å². The molecular formula is C34H34N10O14S4. The molecule has 0 saturated heterocycles. The predicted molar refractivity (Wildman–Crippen MR) is 222 cm³/mol. The molecule has 0 unspecified atom stereocenters. The molecule has 0 atom stereocenters. The van der Waals surface area contributed by atoms with Crippen molar-refractivity contribution in [2.24, 2.45) is 20.5 Å². The van der Waals surface area contributed by atoms with Crippen LogP contribution in [0.5, 0.6) is 5.75 Å². The standard InChI is InChI=1S/C34H34N10O14S4/c45-21-22-17-25(43-42-24-6-2-8-28(19-24)62(53,54)55)9-11-29(22)36-33-38-32(35-13-3-15-60(47,48)49)39-34(40-33)37-30-12-10-26(20-31(30)56-14-4-16-61(50,51)52)44-41-23-5-1-7-27(18-23)59-58-57-46/h1-2,5-12,17-21,46H,3-4,13-16H2,(H,47,48,49)(H,50,51,52)(H,53,54,55)(H3,35,36,37,38,39,40). The highest BCUT2D eigenvalue weighted by atomic mass is 32.2. The first-order chi connectivity index (χ1) is 29.5. The average Bonchev–Trinajstić information content (AvgIpc) is 3.22. The summed E-state index contributed by atoms with van der Waals surface area (Å²) in [6.45, 7) is -0.187. The maximum absolute atomic E-state index is 12.2. The van der Waals surface area contributed by atoms with Crippen molar-refractivity contribution >= 4 is 101 Å². The lowest BCUT2D eigenvalue weighted by molar-refractivity contribution is -0.432. The van der Waals surface area contributed by atoms with E-state index in [9.17, 15) is 39.2 Å². The monoisotopic (exact) mass is 934 g/mol. The van der Waals surface area contributed by atoms with E-state index in [1.807, 2.05) is 0 Å². The fourth-order valence-electron chi connectivity index (χ4n) is 4.89. The van der Waals surface area contributed by atoms with Crippen molar-refractivity contribution in [1.82, 2.24) is 15.0 Å². The lowest BCUT2D eigenvalue weighted by atomic mass is 10.2. The number of nitrogens with zero attached hydrogens (tertiary/aromatic N) is 7. The van der Waals surface area contributed by atoms with Gasteiger partial charge in [0, 0.05) is 23.1 Å². The Labute approximate surface area is 357 Å². The summed E-state index contributed by atoms with van der Waals surface area (Å²) in [5.41, 5.74) is 1.46. The Kier molecular flexibility index (Phi) is 16.4. The third kappa shape index (κ3) is 15.7. The molecular weight excluding hydrogens is 901 g/mol. The van der Waals surface area contributed by atoms with Crippen LogP contribution in [0.15, 0.2) is 115 Å². The van der Waals surface area contributed by atoms with Crippen LogP contribution >= 0.6 is 12.0 Å². The summed E-state index contributed by atoms with van der Waals surface area (Å²) >= 11 is 0.722. The van der Waals surface area contributed by atoms with Crippen LogP contribution in [0.4, 0.5) is 52.0 Å². The first-order valence-corrected chi connectivity index (χ1v) is 22.8. The van der Waals surface area contributed by atoms with E-state index >= 15 is 0 Å². The molecule has 328 valence electrons. The number of aldehydes is 1. The number of nitrogens with one attached hydrogen (secondary N) is 3. The minimum absolute atomic E-state index is 0.0131. The second-order valence-corrected chi connectivity index (χ2v) is 17.6. The number of benzene rings is 4. The van der Waals surface area contributed by atoms with Crippen LogP contribution in [0.1, 0.15) is 23.2 Å². The van der Waals surface area contributed by atoms with Gasteiger partial charge in [0.25, 0.3) is 30.4 Å². The van der Waals surface area contributed by atoms with Crippen molar-refractivity contribution in [3.63, 3.8) is 0 Å². The number of carbonyl (C=O) groups is 1. The van der Waals surface area contributed by atoms with E-state index in [2.05, 4.69) is 60.7 Å². The average molecular weight is 935 g/mol. The lowest BCUT2D eigenvalue weighted by Crippen LogP contribution is -2.14. The maximum atomic E-state index is 12.2. The Bertz CT molecular complexity index is 2780. The molecule has 0 aliphatic heterocycles. The van der Waals surface area contributed by atoms with E-state index in [-0.39, 0.29) is 88.5 Å². The maximum Gasteiger partial charge on any atom is 0.294 e. The molecule has 1 aromatic heterocycles. The zero-order valence-electron chi connectivity index (χ0n) is 31.5. The molecule has 0 spiro atoms. The number of azo groups is 2. The van der Waals surface area contributed by atoms with Crippen molar-refractivity contribution in [1.29, 1.82) is 0 Å². The SMILES string of the molecule is O=Cc1cc(N=Nc2cccc(S(=O)(=O)O)c2)ccc1Nc1nc(NCCCS(=O)(=O)O)nc(Nc2ccc(N=Nc3cccc(SOOO)c3)cc2OCCCS(=O)(=O)O)n1. The molecule has 0 bridgehead atoms. The quantitative estimate of drug-likeness (QED) is 0.00657. The Balaban J connectivity index is 1.43. The number of aromatic nitrogens is 3. The molecule has 5 rings (SSSR count). The van der Waals surface area contributed by atoms with Crippen LogP contribution in [0, 0.1) is 0 Å². The molecule has 0 aliphatic rings. The highest BCUT2D eigenvalue weighted by Crippen LogP contribution is 2.34. The summed E-state index contributed by atoms with van der Waals surface area (Å²) in [6, 6.07) is 20.5. The number of hydrogen-bond acceptors (Lipinski definition) is 22. The van der Waals surface area contributed by atoms with Gasteiger partial charge in [-0.25, -0.2) is 5.26 Å². The summed E-state index contributed by atoms with van der Waals surface area (Å²) in [4.78, 5) is 25.4. The molecule has 5 aromatic rings. The molecule has 28 heteroatoms. The normalized spacial score (nSPS) is 12.1. The van der Waals surface area contributed by atoms with Crippen LogP contribution in [-0.2, 0) is 39.7 Å². The van der Waals surface area contributed by atoms with Crippen molar-refractivity contribution in [2.75, 3.05) is 40.6 Å². The molecule has 4 aromatic carbocycles. The third-order valence-electron chi connectivity index (χ3n) is 7.58. The molecule has 0 saturated carbocycles. The van der Waals surface area contributed by atoms with E-state index in [1.165, 1.54) is 48.5 Å². The predicted octanol–water partition coefficient (Wildman–Crippen LogP) is 7.02. The van der Waals surface area contributed by atoms with Gasteiger partial charge in [-0.3, -0.25) is 18.5 Å². The Morgan fingerprint density at radius 1 is 0.661 bits per heavy atom. The van der Waals surface area contributed by atoms with Gasteiger partial charge in [0.15, 0.2) is 6.29 Å². The van der Waals surface area contributed by atoms with Gasteiger partial charge >= 0.3 is 0 Å². The number of ether oxygens (including phenoxy) is 1. The fraction of sp³-hybridized carbons (Fsp3) is 0.176. The van der Waals surface area contributed by atoms with Crippen LogP contribution in [-0.4, -0.2) is 90.1 Å². The molecule has 7 N–H and O–H groups in total. The molecule has 62 heavy (non-hydrogen) atoms. The summed E-state index contributed by atoms with van der Waals surface area (Å²) in [5.74, 6) is -1.35. The minimum Gasteiger partial charge on any atom is -0.491 e. The van der Waals surface area contributed by atoms with Gasteiger partial charge in [0.1, 0.15) is 5.75 Å². The summed E-state index contributed by atoms with van der Waals surface area (Å²) in [6.07, 6.45) is 0.384. The molecule has 0 aliphatic carbocycles. The summed E-state index contributed by atoms with van der Waals surface area (Å²) < 4.78 is 106. The summed E-state index contributed by atoms with van der Waals surface area (Å²) in [5, 5.41) is 37.2. The van der Waals surface area contributed by atoms with Crippen LogP contribution < -0.4 is 20.7 Å². The fourth-order valence-corrected chi connectivity index (χ4v) is 6.82. The third-order valence-corrected chi connectivity index (χ3v) is 10.6. The molecule has 0 radical (unpaired) electrons. The minimum atomic E-state index is -4.49. The highest BCUT2D eigenvalue weighted by Gasteiger charge is 2.15. The first kappa shape index (κ1) is 47.0. The van der Waals surface area contributed by atoms with Crippen LogP contribution in [0.25, 0.3) is 0 Å². The largest absolute Gasteiger partial charge is 0.491 e. The Morgan fingerprint density at radius 3 is 1.85 bits per heavy atom. The van der Waals surface area contributed by atoms with Gasteiger partial charge in [-0.15, -0.1) is 4.33 Å². The molecule has 0 fully saturated rings. The van der Waals surface area contributed by atoms with Gasteiger partial charge in [0.2, 0.25) is 17.8 Å². The van der Waals surface area contributed by atoms with Crippen molar-refractivity contribution in [3.05, 3.63) is 90.5 Å². The molecule has 24 nitrogen and oxygen atoms in total. The van der Waals surface area contributed by atoms with E-state index in [0.29, 0.717) is 16.9 Å². The smallest absolute Gasteiger partial charge is 0.294 e. The van der Waals surface area contributed by atoms with Crippen LogP contribution in [0.2, 0.25) is 0 Å². The topological polar surface area (TPSA) is 352 Å². The second kappa shape index (κ2) is 21.6. The van der Waals surface area contributed by atoms with Crippen LogP contribution in [0.3, 0.4) is 0 Å². The number of rotatable bonds is 23. The highest BCUT2D eigenvalue weighted by molar-refractivity contribution is 7.94. The van der Waals surface area contributed by atoms with Gasteiger partial charge in [-0.05, 0) is 79.6 Å². The first-order valence-electron chi connectivity index (χ1n) is 17.4. The summed E-state index contributed by atoms with van der Waals surface area (Å²) in [7, 11) is -13.0. The zero-order valence-corrected chi connectivity index (χ0v) is 34.8.